The highest BCUT2D eigenvalue weighted by Crippen LogP contribution is 2.17. The lowest BCUT2D eigenvalue weighted by Crippen LogP contribution is -2.20. The topological polar surface area (TPSA) is 42.7 Å². The van der Waals surface area contributed by atoms with E-state index in [4.69, 9.17) is 0 Å². The van der Waals surface area contributed by atoms with Crippen LogP contribution in [0.3, 0.4) is 0 Å². The highest BCUT2D eigenvalue weighted by molar-refractivity contribution is 5.14. The van der Waals surface area contributed by atoms with Crippen molar-refractivity contribution in [3.63, 3.8) is 0 Å². The zero-order chi connectivity index (χ0) is 9.10. The Morgan fingerprint density at radius 3 is 3.08 bits per heavy atom. The van der Waals surface area contributed by atoms with Crippen LogP contribution in [0.1, 0.15) is 37.6 Å². The van der Waals surface area contributed by atoms with Crippen molar-refractivity contribution in [3.8, 4) is 0 Å². The Kier molecular flexibility index (Phi) is 2.47. The molecule has 1 heterocycles. The predicted molar refractivity (Wildman–Crippen MR) is 51.2 cm³/mol. The van der Waals surface area contributed by atoms with E-state index in [1.54, 1.807) is 0 Å². The van der Waals surface area contributed by atoms with E-state index in [-0.39, 0.29) is 0 Å². The van der Waals surface area contributed by atoms with E-state index in [1.165, 1.54) is 24.2 Å². The summed E-state index contributed by atoms with van der Waals surface area (Å²) in [6.07, 6.45) is 5.88. The number of rotatable bonds is 3. The molecule has 0 saturated carbocycles. The van der Waals surface area contributed by atoms with Crippen LogP contribution >= 0.6 is 0 Å². The SMILES string of the molecule is CCCNn1nnc2c1CCCC2. The molecule has 1 aromatic heterocycles. The fraction of sp³-hybridized carbons (Fsp3) is 0.778. The van der Waals surface area contributed by atoms with E-state index in [0.29, 0.717) is 0 Å². The number of aromatic nitrogens is 3. The monoisotopic (exact) mass is 180 g/mol. The standard InChI is InChI=1S/C9H16N4/c1-2-7-10-13-9-6-4-3-5-8(9)11-12-13/h10H,2-7H2,1H3. The highest BCUT2D eigenvalue weighted by atomic mass is 15.6. The Bertz CT molecular complexity index is 279. The van der Waals surface area contributed by atoms with Crippen LogP contribution in [0.25, 0.3) is 0 Å². The summed E-state index contributed by atoms with van der Waals surface area (Å²) in [6, 6.07) is 0. The van der Waals surface area contributed by atoms with Crippen molar-refractivity contribution in [2.75, 3.05) is 12.0 Å². The van der Waals surface area contributed by atoms with Crippen molar-refractivity contribution in [3.05, 3.63) is 11.4 Å². The number of nitrogens with one attached hydrogen (secondary N) is 1. The van der Waals surface area contributed by atoms with Gasteiger partial charge in [-0.3, -0.25) is 0 Å². The van der Waals surface area contributed by atoms with Gasteiger partial charge in [-0.2, -0.15) is 4.79 Å². The van der Waals surface area contributed by atoms with Crippen molar-refractivity contribution in [2.24, 2.45) is 0 Å². The van der Waals surface area contributed by atoms with E-state index in [0.717, 1.165) is 25.8 Å². The smallest absolute Gasteiger partial charge is 0.0881 e. The van der Waals surface area contributed by atoms with Gasteiger partial charge in [-0.05, 0) is 37.3 Å². The maximum Gasteiger partial charge on any atom is 0.0881 e. The van der Waals surface area contributed by atoms with Crippen molar-refractivity contribution < 1.29 is 0 Å². The van der Waals surface area contributed by atoms with Gasteiger partial charge in [-0.15, -0.1) is 5.10 Å². The van der Waals surface area contributed by atoms with Gasteiger partial charge in [0.1, 0.15) is 0 Å². The quantitative estimate of drug-likeness (QED) is 0.757. The third kappa shape index (κ3) is 1.66. The summed E-state index contributed by atoms with van der Waals surface area (Å²) in [5, 5.41) is 8.25. The lowest BCUT2D eigenvalue weighted by Gasteiger charge is -2.12. The molecule has 1 aromatic rings. The maximum absolute atomic E-state index is 4.16. The summed E-state index contributed by atoms with van der Waals surface area (Å²) in [5.41, 5.74) is 5.73. The zero-order valence-corrected chi connectivity index (χ0v) is 8.08. The molecule has 0 bridgehead atoms. The molecule has 1 N–H and O–H groups in total. The highest BCUT2D eigenvalue weighted by Gasteiger charge is 2.15. The van der Waals surface area contributed by atoms with Crippen LogP contribution in [0.15, 0.2) is 0 Å². The van der Waals surface area contributed by atoms with Crippen LogP contribution in [-0.4, -0.2) is 21.6 Å². The summed E-state index contributed by atoms with van der Waals surface area (Å²) < 4.78 is 0. The van der Waals surface area contributed by atoms with Gasteiger partial charge in [0.2, 0.25) is 0 Å². The second-order valence-corrected chi connectivity index (χ2v) is 3.51. The third-order valence-corrected chi connectivity index (χ3v) is 2.43. The number of fused-ring (bicyclic) bond motifs is 1. The average molecular weight is 180 g/mol. The molecule has 0 spiro atoms. The summed E-state index contributed by atoms with van der Waals surface area (Å²) in [6.45, 7) is 3.12. The molecular weight excluding hydrogens is 164 g/mol. The van der Waals surface area contributed by atoms with Crippen molar-refractivity contribution in [2.45, 2.75) is 39.0 Å². The second kappa shape index (κ2) is 3.77. The van der Waals surface area contributed by atoms with E-state index in [2.05, 4.69) is 22.7 Å². The van der Waals surface area contributed by atoms with Crippen LogP contribution in [0.4, 0.5) is 0 Å². The molecule has 2 rings (SSSR count). The van der Waals surface area contributed by atoms with Gasteiger partial charge in [0.05, 0.1) is 11.4 Å². The Morgan fingerprint density at radius 1 is 1.38 bits per heavy atom. The molecule has 4 heteroatoms. The van der Waals surface area contributed by atoms with Gasteiger partial charge in [0, 0.05) is 6.54 Å². The molecule has 0 radical (unpaired) electrons. The minimum atomic E-state index is 0.968. The molecule has 0 amide bonds. The van der Waals surface area contributed by atoms with E-state index >= 15 is 0 Å². The molecule has 0 unspecified atom stereocenters. The molecule has 72 valence electrons. The Morgan fingerprint density at radius 2 is 2.23 bits per heavy atom. The lowest BCUT2D eigenvalue weighted by molar-refractivity contribution is 0.616. The molecule has 1 aliphatic rings. The van der Waals surface area contributed by atoms with Gasteiger partial charge < -0.3 is 5.43 Å². The molecule has 1 aliphatic carbocycles. The van der Waals surface area contributed by atoms with Gasteiger partial charge in [-0.1, -0.05) is 6.92 Å². The minimum Gasteiger partial charge on any atom is -0.308 e. The van der Waals surface area contributed by atoms with Crippen molar-refractivity contribution in [1.29, 1.82) is 0 Å². The first-order valence-corrected chi connectivity index (χ1v) is 5.09. The first-order chi connectivity index (χ1) is 6.42. The van der Waals surface area contributed by atoms with Crippen LogP contribution in [0.2, 0.25) is 0 Å². The van der Waals surface area contributed by atoms with Crippen LogP contribution in [0, 0.1) is 0 Å². The van der Waals surface area contributed by atoms with Gasteiger partial charge >= 0.3 is 0 Å². The fourth-order valence-corrected chi connectivity index (χ4v) is 1.71. The molecule has 4 nitrogen and oxygen atoms in total. The van der Waals surface area contributed by atoms with Gasteiger partial charge in [-0.25, -0.2) is 0 Å². The number of hydrogen-bond donors (Lipinski definition) is 1. The first kappa shape index (κ1) is 8.53. The van der Waals surface area contributed by atoms with E-state index < -0.39 is 0 Å². The van der Waals surface area contributed by atoms with Gasteiger partial charge in [0.15, 0.2) is 0 Å². The molecule has 13 heavy (non-hydrogen) atoms. The summed E-state index contributed by atoms with van der Waals surface area (Å²) >= 11 is 0. The Hall–Kier alpha value is -1.06. The summed E-state index contributed by atoms with van der Waals surface area (Å²) in [5.74, 6) is 0. The molecule has 0 saturated heterocycles. The lowest BCUT2D eigenvalue weighted by atomic mass is 10.0. The molecule has 0 fully saturated rings. The van der Waals surface area contributed by atoms with Crippen LogP contribution in [0.5, 0.6) is 0 Å². The molecule has 0 aromatic carbocycles. The molecule has 0 aliphatic heterocycles. The number of hydrogen-bond acceptors (Lipinski definition) is 3. The number of nitrogens with zero attached hydrogens (tertiary/aromatic N) is 3. The zero-order valence-electron chi connectivity index (χ0n) is 8.08. The molecule has 0 atom stereocenters. The Labute approximate surface area is 78.3 Å². The summed E-state index contributed by atoms with van der Waals surface area (Å²) in [7, 11) is 0. The van der Waals surface area contributed by atoms with E-state index in [9.17, 15) is 0 Å². The predicted octanol–water partition coefficient (Wildman–Crippen LogP) is 1.11. The largest absolute Gasteiger partial charge is 0.308 e. The Balaban J connectivity index is 2.12. The van der Waals surface area contributed by atoms with Gasteiger partial charge in [0.25, 0.3) is 0 Å². The van der Waals surface area contributed by atoms with Crippen LogP contribution < -0.4 is 5.43 Å². The molecular formula is C9H16N4. The van der Waals surface area contributed by atoms with Crippen molar-refractivity contribution in [1.82, 2.24) is 15.1 Å². The summed E-state index contributed by atoms with van der Waals surface area (Å²) in [4.78, 5) is 1.86. The minimum absolute atomic E-state index is 0.968. The second-order valence-electron chi connectivity index (χ2n) is 3.51. The average Bonchev–Trinajstić information content (AvgIpc) is 2.58. The van der Waals surface area contributed by atoms with Crippen molar-refractivity contribution >= 4 is 0 Å². The fourth-order valence-electron chi connectivity index (χ4n) is 1.71. The van der Waals surface area contributed by atoms with Crippen LogP contribution in [-0.2, 0) is 12.8 Å². The third-order valence-electron chi connectivity index (χ3n) is 2.43. The maximum atomic E-state index is 4.16. The number of aryl methyl sites for hydroxylation is 1. The first-order valence-electron chi connectivity index (χ1n) is 5.09. The van der Waals surface area contributed by atoms with E-state index in [1.807, 2.05) is 4.79 Å². The normalized spacial score (nSPS) is 15.5.